The van der Waals surface area contributed by atoms with Crippen LogP contribution in [0.5, 0.6) is 0 Å². The molecule has 2 amide bonds. The van der Waals surface area contributed by atoms with Crippen molar-refractivity contribution in [2.45, 2.75) is 6.92 Å². The number of hydrogen-bond donors (Lipinski definition) is 2. The van der Waals surface area contributed by atoms with Gasteiger partial charge in [0.05, 0.1) is 6.54 Å². The highest BCUT2D eigenvalue weighted by Crippen LogP contribution is 2.01. The van der Waals surface area contributed by atoms with Crippen LogP contribution in [0.15, 0.2) is 24.3 Å². The van der Waals surface area contributed by atoms with Crippen LogP contribution in [-0.2, 0) is 4.79 Å². The molecule has 0 fully saturated rings. The van der Waals surface area contributed by atoms with Crippen molar-refractivity contribution in [1.82, 2.24) is 5.32 Å². The molecule has 0 unspecified atom stereocenters. The van der Waals surface area contributed by atoms with Crippen molar-refractivity contribution in [3.05, 3.63) is 35.4 Å². The fraction of sp³-hybridized carbons (Fsp3) is 0.167. The molecular weight excluding hydrogens is 204 g/mol. The SMILES string of the molecule is CC(=O)NCC#Cc1ccc(C(N)=O)cc1. The van der Waals surface area contributed by atoms with E-state index < -0.39 is 5.91 Å². The van der Waals surface area contributed by atoms with Crippen molar-refractivity contribution in [2.75, 3.05) is 6.54 Å². The zero-order valence-corrected chi connectivity index (χ0v) is 8.91. The molecule has 0 bridgehead atoms. The Morgan fingerprint density at radius 1 is 1.31 bits per heavy atom. The summed E-state index contributed by atoms with van der Waals surface area (Å²) < 4.78 is 0. The third-order valence-electron chi connectivity index (χ3n) is 1.83. The topological polar surface area (TPSA) is 72.2 Å². The minimum atomic E-state index is -0.460. The molecule has 0 aliphatic carbocycles. The van der Waals surface area contributed by atoms with E-state index in [1.54, 1.807) is 24.3 Å². The third-order valence-corrected chi connectivity index (χ3v) is 1.83. The van der Waals surface area contributed by atoms with Crippen LogP contribution >= 0.6 is 0 Å². The van der Waals surface area contributed by atoms with E-state index in [-0.39, 0.29) is 5.91 Å². The predicted molar refractivity (Wildman–Crippen MR) is 60.5 cm³/mol. The van der Waals surface area contributed by atoms with Gasteiger partial charge in [0.15, 0.2) is 0 Å². The van der Waals surface area contributed by atoms with Gasteiger partial charge in [0, 0.05) is 18.1 Å². The summed E-state index contributed by atoms with van der Waals surface area (Å²) in [6.45, 7) is 1.75. The summed E-state index contributed by atoms with van der Waals surface area (Å²) in [4.78, 5) is 21.3. The second-order valence-electron chi connectivity index (χ2n) is 3.15. The standard InChI is InChI=1S/C12H12N2O2/c1-9(15)14-8-2-3-10-4-6-11(7-5-10)12(13)16/h4-7H,8H2,1H3,(H2,13,16)(H,14,15). The molecule has 1 aromatic carbocycles. The molecule has 4 heteroatoms. The van der Waals surface area contributed by atoms with Crippen molar-refractivity contribution in [2.24, 2.45) is 5.73 Å². The van der Waals surface area contributed by atoms with Crippen LogP contribution in [-0.4, -0.2) is 18.4 Å². The fourth-order valence-electron chi connectivity index (χ4n) is 1.03. The summed E-state index contributed by atoms with van der Waals surface area (Å²) in [5.41, 5.74) is 6.32. The highest BCUT2D eigenvalue weighted by molar-refractivity contribution is 5.92. The van der Waals surface area contributed by atoms with Gasteiger partial charge in [-0.1, -0.05) is 11.8 Å². The summed E-state index contributed by atoms with van der Waals surface area (Å²) >= 11 is 0. The maximum Gasteiger partial charge on any atom is 0.248 e. The number of carbonyl (C=O) groups is 2. The number of hydrogen-bond acceptors (Lipinski definition) is 2. The van der Waals surface area contributed by atoms with Crippen molar-refractivity contribution in [3.8, 4) is 11.8 Å². The largest absolute Gasteiger partial charge is 0.366 e. The lowest BCUT2D eigenvalue weighted by Gasteiger charge is -1.95. The Balaban J connectivity index is 2.61. The highest BCUT2D eigenvalue weighted by Gasteiger charge is 1.97. The zero-order chi connectivity index (χ0) is 12.0. The molecule has 0 spiro atoms. The molecule has 0 aliphatic rings. The van der Waals surface area contributed by atoms with E-state index in [4.69, 9.17) is 5.73 Å². The second kappa shape index (κ2) is 5.56. The molecule has 0 radical (unpaired) electrons. The van der Waals surface area contributed by atoms with Gasteiger partial charge in [0.25, 0.3) is 0 Å². The number of nitrogens with two attached hydrogens (primary N) is 1. The van der Waals surface area contributed by atoms with Gasteiger partial charge in [-0.05, 0) is 24.3 Å². The van der Waals surface area contributed by atoms with E-state index in [2.05, 4.69) is 17.2 Å². The Labute approximate surface area is 93.8 Å². The average molecular weight is 216 g/mol. The quantitative estimate of drug-likeness (QED) is 0.697. The zero-order valence-electron chi connectivity index (χ0n) is 8.91. The molecule has 4 nitrogen and oxygen atoms in total. The molecule has 1 aromatic rings. The molecule has 0 saturated heterocycles. The van der Waals surface area contributed by atoms with Crippen LogP contribution in [0.2, 0.25) is 0 Å². The lowest BCUT2D eigenvalue weighted by molar-refractivity contribution is -0.118. The first-order chi connectivity index (χ1) is 7.59. The van der Waals surface area contributed by atoms with Gasteiger partial charge < -0.3 is 11.1 Å². The molecular formula is C12H12N2O2. The molecule has 0 aromatic heterocycles. The van der Waals surface area contributed by atoms with Crippen molar-refractivity contribution in [1.29, 1.82) is 0 Å². The Morgan fingerprint density at radius 3 is 2.44 bits per heavy atom. The minimum absolute atomic E-state index is 0.113. The van der Waals surface area contributed by atoms with Crippen LogP contribution in [0.3, 0.4) is 0 Å². The van der Waals surface area contributed by atoms with Gasteiger partial charge in [0.2, 0.25) is 11.8 Å². The Bertz CT molecular complexity index is 452. The lowest BCUT2D eigenvalue weighted by atomic mass is 10.1. The molecule has 3 N–H and O–H groups in total. The molecule has 0 heterocycles. The maximum atomic E-state index is 10.8. The molecule has 1 rings (SSSR count). The third kappa shape index (κ3) is 3.84. The van der Waals surface area contributed by atoms with Crippen molar-refractivity contribution >= 4 is 11.8 Å². The van der Waals surface area contributed by atoms with Crippen LogP contribution in [0, 0.1) is 11.8 Å². The van der Waals surface area contributed by atoms with Gasteiger partial charge in [-0.2, -0.15) is 0 Å². The van der Waals surface area contributed by atoms with Gasteiger partial charge in [0.1, 0.15) is 0 Å². The van der Waals surface area contributed by atoms with E-state index in [9.17, 15) is 9.59 Å². The Morgan fingerprint density at radius 2 is 1.94 bits per heavy atom. The van der Waals surface area contributed by atoms with E-state index in [0.29, 0.717) is 12.1 Å². The lowest BCUT2D eigenvalue weighted by Crippen LogP contribution is -2.19. The first-order valence-electron chi connectivity index (χ1n) is 4.73. The Kier molecular flexibility index (Phi) is 4.10. The normalized spacial score (nSPS) is 8.81. The number of nitrogens with one attached hydrogen (secondary N) is 1. The second-order valence-corrected chi connectivity index (χ2v) is 3.15. The van der Waals surface area contributed by atoms with Gasteiger partial charge in [-0.3, -0.25) is 9.59 Å². The summed E-state index contributed by atoms with van der Waals surface area (Å²) in [6.07, 6.45) is 0. The number of rotatable bonds is 2. The Hall–Kier alpha value is -2.28. The summed E-state index contributed by atoms with van der Waals surface area (Å²) in [6, 6.07) is 6.65. The average Bonchev–Trinajstić information content (AvgIpc) is 2.25. The number of benzene rings is 1. The van der Waals surface area contributed by atoms with Crippen molar-refractivity contribution < 1.29 is 9.59 Å². The van der Waals surface area contributed by atoms with Crippen molar-refractivity contribution in [3.63, 3.8) is 0 Å². The molecule has 0 aliphatic heterocycles. The monoisotopic (exact) mass is 216 g/mol. The minimum Gasteiger partial charge on any atom is -0.366 e. The molecule has 0 saturated carbocycles. The number of carbonyl (C=O) groups excluding carboxylic acids is 2. The van der Waals surface area contributed by atoms with E-state index in [1.807, 2.05) is 0 Å². The summed E-state index contributed by atoms with van der Waals surface area (Å²) in [5, 5.41) is 2.56. The smallest absolute Gasteiger partial charge is 0.248 e. The first kappa shape index (κ1) is 11.8. The van der Waals surface area contributed by atoms with Gasteiger partial charge in [-0.25, -0.2) is 0 Å². The van der Waals surface area contributed by atoms with Gasteiger partial charge in [-0.15, -0.1) is 0 Å². The van der Waals surface area contributed by atoms with Crippen LogP contribution in [0.1, 0.15) is 22.8 Å². The number of primary amides is 1. The van der Waals surface area contributed by atoms with Crippen LogP contribution < -0.4 is 11.1 Å². The van der Waals surface area contributed by atoms with E-state index in [1.165, 1.54) is 6.92 Å². The predicted octanol–water partition coefficient (Wildman–Crippen LogP) is 0.273. The van der Waals surface area contributed by atoms with Gasteiger partial charge >= 0.3 is 0 Å². The maximum absolute atomic E-state index is 10.8. The molecule has 0 atom stereocenters. The first-order valence-corrected chi connectivity index (χ1v) is 4.73. The van der Waals surface area contributed by atoms with E-state index >= 15 is 0 Å². The molecule has 82 valence electrons. The van der Waals surface area contributed by atoms with Crippen LogP contribution in [0.25, 0.3) is 0 Å². The molecule has 16 heavy (non-hydrogen) atoms. The van der Waals surface area contributed by atoms with E-state index in [0.717, 1.165) is 5.56 Å². The summed E-state index contributed by atoms with van der Waals surface area (Å²) in [5.74, 6) is 5.06. The van der Waals surface area contributed by atoms with Crippen LogP contribution in [0.4, 0.5) is 0 Å². The number of amides is 2. The summed E-state index contributed by atoms with van der Waals surface area (Å²) in [7, 11) is 0. The fourth-order valence-corrected chi connectivity index (χ4v) is 1.03. The highest BCUT2D eigenvalue weighted by atomic mass is 16.1.